The SMILES string of the molecule is CCCc1nc(N(CCN(C)C)CC(C)C)sc1CO. The molecule has 0 radical (unpaired) electrons. The topological polar surface area (TPSA) is 39.6 Å². The third kappa shape index (κ3) is 5.38. The molecule has 0 bridgehead atoms. The molecule has 0 aliphatic rings. The van der Waals surface area contributed by atoms with Crippen molar-refractivity contribution in [2.45, 2.75) is 40.2 Å². The Morgan fingerprint density at radius 1 is 1.25 bits per heavy atom. The Hall–Kier alpha value is -0.650. The summed E-state index contributed by atoms with van der Waals surface area (Å²) in [5, 5.41) is 10.5. The Balaban J connectivity index is 2.88. The second kappa shape index (κ2) is 8.60. The maximum Gasteiger partial charge on any atom is 0.185 e. The molecule has 5 heteroatoms. The molecule has 116 valence electrons. The Morgan fingerprint density at radius 2 is 1.95 bits per heavy atom. The number of nitrogens with zero attached hydrogens (tertiary/aromatic N) is 3. The van der Waals surface area contributed by atoms with E-state index in [1.54, 1.807) is 11.3 Å². The van der Waals surface area contributed by atoms with Gasteiger partial charge < -0.3 is 14.9 Å². The van der Waals surface area contributed by atoms with Gasteiger partial charge in [-0.25, -0.2) is 4.98 Å². The van der Waals surface area contributed by atoms with Gasteiger partial charge in [0.2, 0.25) is 0 Å². The van der Waals surface area contributed by atoms with Gasteiger partial charge in [0, 0.05) is 19.6 Å². The van der Waals surface area contributed by atoms with Crippen molar-refractivity contribution in [3.05, 3.63) is 10.6 Å². The monoisotopic (exact) mass is 299 g/mol. The molecule has 1 aromatic rings. The summed E-state index contributed by atoms with van der Waals surface area (Å²) in [6, 6.07) is 0. The highest BCUT2D eigenvalue weighted by Crippen LogP contribution is 2.28. The fourth-order valence-electron chi connectivity index (χ4n) is 2.09. The number of hydrogen-bond acceptors (Lipinski definition) is 5. The molecule has 0 aliphatic carbocycles. The third-order valence-corrected chi connectivity index (χ3v) is 4.21. The van der Waals surface area contributed by atoms with Gasteiger partial charge in [-0.2, -0.15) is 0 Å². The molecule has 0 aliphatic heterocycles. The highest BCUT2D eigenvalue weighted by atomic mass is 32.1. The summed E-state index contributed by atoms with van der Waals surface area (Å²) in [7, 11) is 4.19. The molecule has 0 aromatic carbocycles. The van der Waals surface area contributed by atoms with E-state index >= 15 is 0 Å². The van der Waals surface area contributed by atoms with Crippen molar-refractivity contribution in [3.8, 4) is 0 Å². The fourth-order valence-corrected chi connectivity index (χ4v) is 3.09. The van der Waals surface area contributed by atoms with E-state index in [-0.39, 0.29) is 6.61 Å². The lowest BCUT2D eigenvalue weighted by atomic mass is 10.2. The van der Waals surface area contributed by atoms with Crippen molar-refractivity contribution in [2.75, 3.05) is 38.6 Å². The van der Waals surface area contributed by atoms with E-state index < -0.39 is 0 Å². The van der Waals surface area contributed by atoms with Crippen LogP contribution in [0, 0.1) is 5.92 Å². The molecule has 20 heavy (non-hydrogen) atoms. The van der Waals surface area contributed by atoms with E-state index in [0.29, 0.717) is 5.92 Å². The minimum absolute atomic E-state index is 0.107. The van der Waals surface area contributed by atoms with Crippen LogP contribution in [0.4, 0.5) is 5.13 Å². The van der Waals surface area contributed by atoms with Crippen LogP contribution in [0.5, 0.6) is 0 Å². The first-order valence-corrected chi connectivity index (χ1v) is 8.28. The average molecular weight is 299 g/mol. The van der Waals surface area contributed by atoms with Crippen LogP contribution in [-0.4, -0.2) is 48.7 Å². The van der Waals surface area contributed by atoms with Crippen LogP contribution in [0.1, 0.15) is 37.8 Å². The van der Waals surface area contributed by atoms with Crippen molar-refractivity contribution in [1.82, 2.24) is 9.88 Å². The van der Waals surface area contributed by atoms with E-state index in [1.807, 2.05) is 0 Å². The molecular formula is C15H29N3OS. The fraction of sp³-hybridized carbons (Fsp3) is 0.800. The van der Waals surface area contributed by atoms with Gasteiger partial charge in [-0.05, 0) is 26.4 Å². The van der Waals surface area contributed by atoms with Gasteiger partial charge in [0.25, 0.3) is 0 Å². The lowest BCUT2D eigenvalue weighted by Gasteiger charge is -2.25. The number of anilines is 1. The first-order valence-electron chi connectivity index (χ1n) is 7.47. The Labute approximate surface area is 127 Å². The second-order valence-corrected chi connectivity index (χ2v) is 6.98. The predicted octanol–water partition coefficient (Wildman–Crippen LogP) is 2.61. The normalized spacial score (nSPS) is 11.6. The first-order chi connectivity index (χ1) is 9.47. The van der Waals surface area contributed by atoms with Crippen molar-refractivity contribution >= 4 is 16.5 Å². The number of rotatable bonds is 9. The molecule has 0 atom stereocenters. The highest BCUT2D eigenvalue weighted by Gasteiger charge is 2.16. The third-order valence-electron chi connectivity index (χ3n) is 3.07. The largest absolute Gasteiger partial charge is 0.391 e. The van der Waals surface area contributed by atoms with Crippen LogP contribution in [-0.2, 0) is 13.0 Å². The smallest absolute Gasteiger partial charge is 0.185 e. The van der Waals surface area contributed by atoms with Crippen molar-refractivity contribution in [2.24, 2.45) is 5.92 Å². The van der Waals surface area contributed by atoms with Gasteiger partial charge in [-0.3, -0.25) is 0 Å². The molecule has 1 N–H and O–H groups in total. The van der Waals surface area contributed by atoms with Crippen LogP contribution >= 0.6 is 11.3 Å². The van der Waals surface area contributed by atoms with Gasteiger partial charge in [-0.15, -0.1) is 0 Å². The molecule has 1 aromatic heterocycles. The molecular weight excluding hydrogens is 270 g/mol. The molecule has 0 spiro atoms. The van der Waals surface area contributed by atoms with Crippen molar-refractivity contribution in [1.29, 1.82) is 0 Å². The molecule has 0 saturated heterocycles. The van der Waals surface area contributed by atoms with Gasteiger partial charge in [0.1, 0.15) is 0 Å². The van der Waals surface area contributed by atoms with E-state index in [9.17, 15) is 5.11 Å². The van der Waals surface area contributed by atoms with E-state index in [4.69, 9.17) is 4.98 Å². The zero-order valence-corrected chi connectivity index (χ0v) is 14.3. The zero-order valence-electron chi connectivity index (χ0n) is 13.5. The van der Waals surface area contributed by atoms with E-state index in [0.717, 1.165) is 48.2 Å². The van der Waals surface area contributed by atoms with Gasteiger partial charge in [0.05, 0.1) is 17.2 Å². The molecule has 4 nitrogen and oxygen atoms in total. The molecule has 0 amide bonds. The maximum atomic E-state index is 9.48. The molecule has 0 saturated carbocycles. The van der Waals surface area contributed by atoms with Crippen LogP contribution in [0.3, 0.4) is 0 Å². The number of hydrogen-bond donors (Lipinski definition) is 1. The lowest BCUT2D eigenvalue weighted by Crippen LogP contribution is -2.34. The van der Waals surface area contributed by atoms with Crippen LogP contribution < -0.4 is 4.90 Å². The molecule has 0 unspecified atom stereocenters. The van der Waals surface area contributed by atoms with E-state index in [2.05, 4.69) is 44.7 Å². The zero-order chi connectivity index (χ0) is 15.1. The minimum atomic E-state index is 0.107. The van der Waals surface area contributed by atoms with Crippen LogP contribution in [0.2, 0.25) is 0 Å². The van der Waals surface area contributed by atoms with Crippen molar-refractivity contribution < 1.29 is 5.11 Å². The lowest BCUT2D eigenvalue weighted by molar-refractivity contribution is 0.284. The Bertz CT molecular complexity index is 390. The Morgan fingerprint density at radius 3 is 2.45 bits per heavy atom. The highest BCUT2D eigenvalue weighted by molar-refractivity contribution is 7.15. The summed E-state index contributed by atoms with van der Waals surface area (Å²) >= 11 is 1.65. The number of aryl methyl sites for hydroxylation is 1. The van der Waals surface area contributed by atoms with Crippen molar-refractivity contribution in [3.63, 3.8) is 0 Å². The Kier molecular flexibility index (Phi) is 7.48. The molecule has 1 rings (SSSR count). The summed E-state index contributed by atoms with van der Waals surface area (Å²) in [5.74, 6) is 0.605. The second-order valence-electron chi connectivity index (χ2n) is 5.92. The molecule has 0 fully saturated rings. The number of thiazole rings is 1. The summed E-state index contributed by atoms with van der Waals surface area (Å²) in [4.78, 5) is 10.3. The first kappa shape index (κ1) is 17.4. The molecule has 1 heterocycles. The predicted molar refractivity (Wildman–Crippen MR) is 87.6 cm³/mol. The standard InChI is InChI=1S/C15H29N3OS/c1-6-7-13-14(11-19)20-15(16-13)18(10-12(2)3)9-8-17(4)5/h12,19H,6-11H2,1-5H3. The summed E-state index contributed by atoms with van der Waals surface area (Å²) in [6.07, 6.45) is 2.02. The number of likely N-dealkylation sites (N-methyl/N-ethyl adjacent to an activating group) is 1. The number of aliphatic hydroxyl groups excluding tert-OH is 1. The van der Waals surface area contributed by atoms with Gasteiger partial charge >= 0.3 is 0 Å². The van der Waals surface area contributed by atoms with Crippen LogP contribution in [0.25, 0.3) is 0 Å². The van der Waals surface area contributed by atoms with E-state index in [1.165, 1.54) is 0 Å². The summed E-state index contributed by atoms with van der Waals surface area (Å²) < 4.78 is 0. The summed E-state index contributed by atoms with van der Waals surface area (Å²) in [5.41, 5.74) is 1.08. The van der Waals surface area contributed by atoms with Crippen LogP contribution in [0.15, 0.2) is 0 Å². The van der Waals surface area contributed by atoms with Gasteiger partial charge in [0.15, 0.2) is 5.13 Å². The maximum absolute atomic E-state index is 9.48. The number of aromatic nitrogens is 1. The van der Waals surface area contributed by atoms with Gasteiger partial charge in [-0.1, -0.05) is 38.5 Å². The average Bonchev–Trinajstić information content (AvgIpc) is 2.77. The quantitative estimate of drug-likeness (QED) is 0.761. The minimum Gasteiger partial charge on any atom is -0.391 e. The number of aliphatic hydroxyl groups is 1. The summed E-state index contributed by atoms with van der Waals surface area (Å²) in [6.45, 7) is 9.73.